The molecule has 0 spiro atoms. The highest BCUT2D eigenvalue weighted by Crippen LogP contribution is 2.29. The van der Waals surface area contributed by atoms with Gasteiger partial charge in [-0.2, -0.15) is 11.8 Å². The van der Waals surface area contributed by atoms with E-state index in [1.165, 1.54) is 62.9 Å². The van der Waals surface area contributed by atoms with Gasteiger partial charge in [0.1, 0.15) is 0 Å². The number of nitrogens with one attached hydrogen (secondary N) is 1. The number of hydrogen-bond acceptors (Lipinski definition) is 3. The molecule has 0 amide bonds. The minimum atomic E-state index is 0.446. The van der Waals surface area contributed by atoms with Gasteiger partial charge < -0.3 is 0 Å². The smallest absolute Gasteiger partial charge is 0.0422 e. The molecule has 3 heteroatoms. The van der Waals surface area contributed by atoms with Crippen LogP contribution >= 0.6 is 11.8 Å². The second kappa shape index (κ2) is 7.45. The zero-order chi connectivity index (χ0) is 11.9. The van der Waals surface area contributed by atoms with Crippen molar-refractivity contribution in [1.29, 1.82) is 0 Å². The predicted molar refractivity (Wildman–Crippen MR) is 76.9 cm³/mol. The molecule has 1 unspecified atom stereocenters. The molecule has 0 aromatic rings. The van der Waals surface area contributed by atoms with Crippen molar-refractivity contribution in [2.45, 2.75) is 57.4 Å². The van der Waals surface area contributed by atoms with E-state index in [1.807, 2.05) is 0 Å². The normalized spacial score (nSPS) is 25.1. The van der Waals surface area contributed by atoms with Crippen molar-refractivity contribution in [3.63, 3.8) is 0 Å². The van der Waals surface area contributed by atoms with Gasteiger partial charge in [-0.3, -0.25) is 11.3 Å². The first-order valence-corrected chi connectivity index (χ1v) is 8.28. The van der Waals surface area contributed by atoms with Gasteiger partial charge in [-0.05, 0) is 62.4 Å². The largest absolute Gasteiger partial charge is 0.271 e. The fourth-order valence-corrected chi connectivity index (χ4v) is 4.20. The second-order valence-corrected chi connectivity index (χ2v) is 6.61. The minimum Gasteiger partial charge on any atom is -0.271 e. The van der Waals surface area contributed by atoms with Gasteiger partial charge in [0.25, 0.3) is 0 Å². The van der Waals surface area contributed by atoms with E-state index < -0.39 is 0 Å². The lowest BCUT2D eigenvalue weighted by atomic mass is 9.89. The van der Waals surface area contributed by atoms with Crippen LogP contribution in [-0.2, 0) is 0 Å². The molecule has 0 radical (unpaired) electrons. The van der Waals surface area contributed by atoms with Gasteiger partial charge in [0.2, 0.25) is 0 Å². The number of allylic oxidation sites excluding steroid dienone is 1. The first kappa shape index (κ1) is 13.4. The van der Waals surface area contributed by atoms with Crippen molar-refractivity contribution < 1.29 is 0 Å². The summed E-state index contributed by atoms with van der Waals surface area (Å²) in [6, 6.07) is 0.446. The van der Waals surface area contributed by atoms with Crippen molar-refractivity contribution >= 4 is 11.8 Å². The zero-order valence-electron chi connectivity index (χ0n) is 10.8. The summed E-state index contributed by atoms with van der Waals surface area (Å²) in [5.74, 6) is 9.36. The molecular formula is C14H26N2S. The molecule has 0 saturated carbocycles. The summed E-state index contributed by atoms with van der Waals surface area (Å²) >= 11 is 2.11. The molecule has 1 saturated heterocycles. The molecule has 1 atom stereocenters. The molecule has 17 heavy (non-hydrogen) atoms. The number of nitrogens with two attached hydrogens (primary N) is 1. The van der Waals surface area contributed by atoms with Crippen LogP contribution in [0.5, 0.6) is 0 Å². The topological polar surface area (TPSA) is 38.0 Å². The van der Waals surface area contributed by atoms with Gasteiger partial charge in [0.15, 0.2) is 0 Å². The molecule has 0 aromatic heterocycles. The first-order chi connectivity index (χ1) is 8.40. The maximum atomic E-state index is 5.78. The second-order valence-electron chi connectivity index (χ2n) is 5.39. The van der Waals surface area contributed by atoms with Crippen molar-refractivity contribution in [1.82, 2.24) is 5.43 Å². The maximum absolute atomic E-state index is 5.78. The van der Waals surface area contributed by atoms with Crippen LogP contribution in [0.4, 0.5) is 0 Å². The molecule has 2 aliphatic rings. The van der Waals surface area contributed by atoms with Gasteiger partial charge in [-0.25, -0.2) is 0 Å². The van der Waals surface area contributed by atoms with E-state index in [4.69, 9.17) is 5.84 Å². The molecule has 2 nitrogen and oxygen atoms in total. The lowest BCUT2D eigenvalue weighted by molar-refractivity contribution is 0.388. The minimum absolute atomic E-state index is 0.446. The highest BCUT2D eigenvalue weighted by molar-refractivity contribution is 7.99. The van der Waals surface area contributed by atoms with E-state index in [-0.39, 0.29) is 0 Å². The highest BCUT2D eigenvalue weighted by Gasteiger charge is 2.21. The lowest BCUT2D eigenvalue weighted by Crippen LogP contribution is -2.38. The summed E-state index contributed by atoms with van der Waals surface area (Å²) in [6.07, 6.45) is 13.1. The Bertz CT molecular complexity index is 247. The molecule has 3 N–H and O–H groups in total. The van der Waals surface area contributed by atoms with E-state index in [9.17, 15) is 0 Å². The number of hydrazine groups is 1. The highest BCUT2D eigenvalue weighted by atomic mass is 32.2. The first-order valence-electron chi connectivity index (χ1n) is 7.13. The van der Waals surface area contributed by atoms with Crippen LogP contribution in [0, 0.1) is 5.92 Å². The van der Waals surface area contributed by atoms with Crippen LogP contribution in [0.3, 0.4) is 0 Å². The van der Waals surface area contributed by atoms with E-state index in [0.29, 0.717) is 6.04 Å². The van der Waals surface area contributed by atoms with E-state index in [1.54, 1.807) is 5.57 Å². The van der Waals surface area contributed by atoms with Gasteiger partial charge in [0, 0.05) is 6.04 Å². The van der Waals surface area contributed by atoms with Crippen LogP contribution < -0.4 is 11.3 Å². The van der Waals surface area contributed by atoms with Crippen LogP contribution in [0.2, 0.25) is 0 Å². The SMILES string of the molecule is NNC(CC1CCSCC1)C1=CCCCCC1. The summed E-state index contributed by atoms with van der Waals surface area (Å²) in [6.45, 7) is 0. The summed E-state index contributed by atoms with van der Waals surface area (Å²) in [7, 11) is 0. The fraction of sp³-hybridized carbons (Fsp3) is 0.857. The Morgan fingerprint density at radius 1 is 1.29 bits per heavy atom. The van der Waals surface area contributed by atoms with Gasteiger partial charge in [-0.15, -0.1) is 0 Å². The summed E-state index contributed by atoms with van der Waals surface area (Å²) in [5.41, 5.74) is 4.66. The third kappa shape index (κ3) is 4.31. The standard InChI is InChI=1S/C14H26N2S/c15-16-14(11-12-7-9-17-10-8-12)13-5-3-1-2-4-6-13/h5,12,14,16H,1-4,6-11,15H2. The summed E-state index contributed by atoms with van der Waals surface area (Å²) < 4.78 is 0. The molecule has 1 aliphatic heterocycles. The average Bonchev–Trinajstić information content (AvgIpc) is 2.66. The predicted octanol–water partition coefficient (Wildman–Crippen LogP) is 3.24. The lowest BCUT2D eigenvalue weighted by Gasteiger charge is -2.27. The zero-order valence-corrected chi connectivity index (χ0v) is 11.6. The molecule has 0 aromatic carbocycles. The monoisotopic (exact) mass is 254 g/mol. The molecule has 1 fully saturated rings. The molecular weight excluding hydrogens is 228 g/mol. The van der Waals surface area contributed by atoms with E-state index in [2.05, 4.69) is 23.3 Å². The van der Waals surface area contributed by atoms with Gasteiger partial charge in [-0.1, -0.05) is 18.1 Å². The Morgan fingerprint density at radius 2 is 2.12 bits per heavy atom. The Hall–Kier alpha value is 0.01000. The Morgan fingerprint density at radius 3 is 2.88 bits per heavy atom. The summed E-state index contributed by atoms with van der Waals surface area (Å²) in [5, 5.41) is 0. The van der Waals surface area contributed by atoms with Crippen molar-refractivity contribution in [2.75, 3.05) is 11.5 Å². The van der Waals surface area contributed by atoms with Crippen LogP contribution in [0.25, 0.3) is 0 Å². The van der Waals surface area contributed by atoms with Crippen molar-refractivity contribution in [3.05, 3.63) is 11.6 Å². The molecule has 98 valence electrons. The fourth-order valence-electron chi connectivity index (χ4n) is 3.00. The van der Waals surface area contributed by atoms with Gasteiger partial charge >= 0.3 is 0 Å². The molecule has 0 bridgehead atoms. The van der Waals surface area contributed by atoms with Crippen LogP contribution in [0.15, 0.2) is 11.6 Å². The third-order valence-corrected chi connectivity index (χ3v) is 5.18. The van der Waals surface area contributed by atoms with Crippen molar-refractivity contribution in [2.24, 2.45) is 11.8 Å². The van der Waals surface area contributed by atoms with Crippen LogP contribution in [0.1, 0.15) is 51.4 Å². The number of hydrogen-bond donors (Lipinski definition) is 2. The van der Waals surface area contributed by atoms with Gasteiger partial charge in [0.05, 0.1) is 0 Å². The molecule has 1 aliphatic carbocycles. The van der Waals surface area contributed by atoms with E-state index >= 15 is 0 Å². The number of thioether (sulfide) groups is 1. The maximum Gasteiger partial charge on any atom is 0.0422 e. The Kier molecular flexibility index (Phi) is 5.89. The van der Waals surface area contributed by atoms with E-state index in [0.717, 1.165) is 5.92 Å². The van der Waals surface area contributed by atoms with Crippen molar-refractivity contribution in [3.8, 4) is 0 Å². The molecule has 2 rings (SSSR count). The van der Waals surface area contributed by atoms with Crippen LogP contribution in [-0.4, -0.2) is 17.5 Å². The third-order valence-electron chi connectivity index (χ3n) is 4.13. The molecule has 1 heterocycles. The quantitative estimate of drug-likeness (QED) is 0.459. The summed E-state index contributed by atoms with van der Waals surface area (Å²) in [4.78, 5) is 0. The Labute approximate surface area is 110 Å². The average molecular weight is 254 g/mol. The number of rotatable bonds is 4. The Balaban J connectivity index is 1.87.